The van der Waals surface area contributed by atoms with Crippen molar-refractivity contribution in [2.24, 2.45) is 10.7 Å². The smallest absolute Gasteiger partial charge is 0.155 e. The second-order valence-electron chi connectivity index (χ2n) is 3.22. The van der Waals surface area contributed by atoms with Crippen LogP contribution in [0.25, 0.3) is 0 Å². The molecule has 0 amide bonds. The first-order valence-electron chi connectivity index (χ1n) is 4.04. The SMILES string of the molecule is CC1=C(C)[C@H]2N=C(N)S[C@@H]2C=C1. The molecule has 0 aromatic heterocycles. The van der Waals surface area contributed by atoms with E-state index in [1.165, 1.54) is 11.1 Å². The maximum atomic E-state index is 5.66. The molecule has 2 N–H and O–H groups in total. The summed E-state index contributed by atoms with van der Waals surface area (Å²) in [5.41, 5.74) is 8.34. The van der Waals surface area contributed by atoms with Gasteiger partial charge in [-0.1, -0.05) is 29.5 Å². The average molecular weight is 180 g/mol. The summed E-state index contributed by atoms with van der Waals surface area (Å²) in [6.45, 7) is 4.26. The van der Waals surface area contributed by atoms with Gasteiger partial charge in [0, 0.05) is 0 Å². The first-order chi connectivity index (χ1) is 5.68. The van der Waals surface area contributed by atoms with E-state index >= 15 is 0 Å². The molecule has 0 bridgehead atoms. The molecule has 2 rings (SSSR count). The van der Waals surface area contributed by atoms with Gasteiger partial charge in [0.25, 0.3) is 0 Å². The van der Waals surface area contributed by atoms with Gasteiger partial charge in [0.1, 0.15) is 0 Å². The molecule has 0 fully saturated rings. The van der Waals surface area contributed by atoms with E-state index in [4.69, 9.17) is 5.73 Å². The Balaban J connectivity index is 2.36. The Kier molecular flexibility index (Phi) is 1.76. The largest absolute Gasteiger partial charge is 0.379 e. The van der Waals surface area contributed by atoms with Crippen LogP contribution in [0.15, 0.2) is 28.3 Å². The number of thioether (sulfide) groups is 1. The van der Waals surface area contributed by atoms with Crippen LogP contribution >= 0.6 is 11.8 Å². The number of nitrogens with zero attached hydrogens (tertiary/aromatic N) is 1. The van der Waals surface area contributed by atoms with Gasteiger partial charge in [-0.3, -0.25) is 4.99 Å². The highest BCUT2D eigenvalue weighted by atomic mass is 32.2. The van der Waals surface area contributed by atoms with Gasteiger partial charge in [0.2, 0.25) is 0 Å². The number of fused-ring (bicyclic) bond motifs is 1. The summed E-state index contributed by atoms with van der Waals surface area (Å²) < 4.78 is 0. The summed E-state index contributed by atoms with van der Waals surface area (Å²) in [6, 6.07) is 0.306. The van der Waals surface area contributed by atoms with Crippen LogP contribution in [0, 0.1) is 0 Å². The van der Waals surface area contributed by atoms with E-state index in [9.17, 15) is 0 Å². The number of hydrogen-bond acceptors (Lipinski definition) is 3. The third-order valence-corrected chi connectivity index (χ3v) is 3.47. The Hall–Kier alpha value is -0.700. The molecule has 0 spiro atoms. The van der Waals surface area contributed by atoms with E-state index in [2.05, 4.69) is 31.0 Å². The summed E-state index contributed by atoms with van der Waals surface area (Å²) in [5, 5.41) is 1.18. The highest BCUT2D eigenvalue weighted by molar-refractivity contribution is 8.14. The van der Waals surface area contributed by atoms with Crippen LogP contribution in [0.4, 0.5) is 0 Å². The first kappa shape index (κ1) is 7.92. The lowest BCUT2D eigenvalue weighted by atomic mass is 9.95. The van der Waals surface area contributed by atoms with Crippen molar-refractivity contribution in [3.63, 3.8) is 0 Å². The molecule has 0 radical (unpaired) electrons. The molecule has 2 atom stereocenters. The van der Waals surface area contributed by atoms with Crippen LogP contribution in [0.2, 0.25) is 0 Å². The third kappa shape index (κ3) is 1.08. The molecule has 2 aliphatic rings. The van der Waals surface area contributed by atoms with Crippen molar-refractivity contribution in [3.8, 4) is 0 Å². The van der Waals surface area contributed by atoms with Gasteiger partial charge in [-0.05, 0) is 19.4 Å². The van der Waals surface area contributed by atoms with E-state index < -0.39 is 0 Å². The summed E-state index contributed by atoms with van der Waals surface area (Å²) in [6.07, 6.45) is 4.36. The molecule has 0 saturated carbocycles. The fourth-order valence-electron chi connectivity index (χ4n) is 1.54. The van der Waals surface area contributed by atoms with E-state index in [1.54, 1.807) is 11.8 Å². The van der Waals surface area contributed by atoms with Crippen LogP contribution < -0.4 is 5.73 Å². The third-order valence-electron chi connectivity index (χ3n) is 2.44. The highest BCUT2D eigenvalue weighted by Gasteiger charge is 2.30. The Morgan fingerprint density at radius 3 is 3.00 bits per heavy atom. The molecule has 64 valence electrons. The molecule has 3 heteroatoms. The van der Waals surface area contributed by atoms with Crippen molar-refractivity contribution < 1.29 is 0 Å². The summed E-state index contributed by atoms with van der Waals surface area (Å²) in [7, 11) is 0. The number of rotatable bonds is 0. The van der Waals surface area contributed by atoms with Crippen LogP contribution in [0.5, 0.6) is 0 Å². The zero-order chi connectivity index (χ0) is 8.72. The van der Waals surface area contributed by atoms with Crippen molar-refractivity contribution >= 4 is 16.9 Å². The fraction of sp³-hybridized carbons (Fsp3) is 0.444. The Morgan fingerprint density at radius 1 is 1.50 bits per heavy atom. The predicted molar refractivity (Wildman–Crippen MR) is 54.3 cm³/mol. The minimum absolute atomic E-state index is 0.306. The Labute approximate surface area is 76.6 Å². The van der Waals surface area contributed by atoms with E-state index in [0.717, 1.165) is 5.17 Å². The van der Waals surface area contributed by atoms with Crippen molar-refractivity contribution in [2.75, 3.05) is 0 Å². The maximum Gasteiger partial charge on any atom is 0.155 e. The summed E-state index contributed by atoms with van der Waals surface area (Å²) >= 11 is 1.66. The van der Waals surface area contributed by atoms with Crippen LogP contribution in [0.1, 0.15) is 13.8 Å². The monoisotopic (exact) mass is 180 g/mol. The predicted octanol–water partition coefficient (Wildman–Crippen LogP) is 1.69. The van der Waals surface area contributed by atoms with Gasteiger partial charge in [0.15, 0.2) is 5.17 Å². The van der Waals surface area contributed by atoms with Gasteiger partial charge in [-0.2, -0.15) is 0 Å². The molecule has 1 aliphatic carbocycles. The van der Waals surface area contributed by atoms with Crippen LogP contribution in [-0.2, 0) is 0 Å². The molecule has 1 heterocycles. The quantitative estimate of drug-likeness (QED) is 0.616. The minimum Gasteiger partial charge on any atom is -0.379 e. The summed E-state index contributed by atoms with van der Waals surface area (Å²) in [5.74, 6) is 0. The average Bonchev–Trinajstić information content (AvgIpc) is 2.39. The second-order valence-corrected chi connectivity index (χ2v) is 4.42. The molecule has 12 heavy (non-hydrogen) atoms. The van der Waals surface area contributed by atoms with Gasteiger partial charge in [0.05, 0.1) is 11.3 Å². The molecule has 1 aliphatic heterocycles. The van der Waals surface area contributed by atoms with Gasteiger partial charge in [-0.15, -0.1) is 0 Å². The second kappa shape index (κ2) is 2.66. The minimum atomic E-state index is 0.306. The molecule has 2 nitrogen and oxygen atoms in total. The standard InChI is InChI=1S/C9H12N2S/c1-5-3-4-7-8(6(5)2)11-9(10)12-7/h3-4,7-8H,1-2H3,(H2,10,11)/t7-,8-/m1/s1. The maximum absolute atomic E-state index is 5.66. The number of amidine groups is 1. The first-order valence-corrected chi connectivity index (χ1v) is 4.92. The Bertz CT molecular complexity index is 302. The van der Waals surface area contributed by atoms with E-state index in [1.807, 2.05) is 0 Å². The normalized spacial score (nSPS) is 33.7. The molecule has 0 aromatic rings. The lowest BCUT2D eigenvalue weighted by Crippen LogP contribution is -2.20. The lowest BCUT2D eigenvalue weighted by Gasteiger charge is -2.19. The zero-order valence-corrected chi connectivity index (χ0v) is 8.06. The van der Waals surface area contributed by atoms with E-state index in [0.29, 0.717) is 11.3 Å². The lowest BCUT2D eigenvalue weighted by molar-refractivity contribution is 0.794. The van der Waals surface area contributed by atoms with Gasteiger partial charge < -0.3 is 5.73 Å². The molecule has 0 saturated heterocycles. The van der Waals surface area contributed by atoms with Crippen molar-refractivity contribution in [3.05, 3.63) is 23.3 Å². The Morgan fingerprint density at radius 2 is 2.25 bits per heavy atom. The van der Waals surface area contributed by atoms with Crippen molar-refractivity contribution in [1.82, 2.24) is 0 Å². The van der Waals surface area contributed by atoms with Crippen molar-refractivity contribution in [1.29, 1.82) is 0 Å². The zero-order valence-electron chi connectivity index (χ0n) is 7.24. The molecular weight excluding hydrogens is 168 g/mol. The van der Waals surface area contributed by atoms with Gasteiger partial charge in [-0.25, -0.2) is 0 Å². The molecule has 0 unspecified atom stereocenters. The molecule has 0 aromatic carbocycles. The number of aliphatic imine (C=N–C) groups is 1. The summed E-state index contributed by atoms with van der Waals surface area (Å²) in [4.78, 5) is 4.39. The number of nitrogens with two attached hydrogens (primary N) is 1. The van der Waals surface area contributed by atoms with Crippen molar-refractivity contribution in [2.45, 2.75) is 25.1 Å². The number of hydrogen-bond donors (Lipinski definition) is 1. The van der Waals surface area contributed by atoms with Crippen LogP contribution in [0.3, 0.4) is 0 Å². The number of allylic oxidation sites excluding steroid dienone is 2. The fourth-order valence-corrected chi connectivity index (χ4v) is 2.54. The van der Waals surface area contributed by atoms with Crippen LogP contribution in [-0.4, -0.2) is 16.5 Å². The van der Waals surface area contributed by atoms with Gasteiger partial charge >= 0.3 is 0 Å². The topological polar surface area (TPSA) is 38.4 Å². The highest BCUT2D eigenvalue weighted by Crippen LogP contribution is 2.34. The molecular formula is C9H12N2S. The van der Waals surface area contributed by atoms with E-state index in [-0.39, 0.29) is 0 Å².